The third kappa shape index (κ3) is 6.43. The predicted molar refractivity (Wildman–Crippen MR) is 178 cm³/mol. The van der Waals surface area contributed by atoms with Crippen LogP contribution in [0.2, 0.25) is 0 Å². The van der Waals surface area contributed by atoms with Gasteiger partial charge in [0.1, 0.15) is 11.5 Å². The number of thiazole rings is 2. The van der Waals surface area contributed by atoms with Crippen LogP contribution in [-0.2, 0) is 16.1 Å². The highest BCUT2D eigenvalue weighted by molar-refractivity contribution is 7.22. The molecule has 1 aliphatic heterocycles. The Kier molecular flexibility index (Phi) is 8.85. The number of ether oxygens (including phenoxy) is 1. The van der Waals surface area contributed by atoms with Gasteiger partial charge in [0.2, 0.25) is 5.91 Å². The highest BCUT2D eigenvalue weighted by Gasteiger charge is 2.42. The van der Waals surface area contributed by atoms with Crippen molar-refractivity contribution < 1.29 is 19.4 Å². The molecular formula is C33H39N7O4S2. The van der Waals surface area contributed by atoms with Crippen molar-refractivity contribution in [2.45, 2.75) is 83.8 Å². The SMILES string of the molecule is Cc1nc(C)c(C(=O)N2CCN([C@H]3C[C@@H](C(=O)Nc4nc5ccc(-c6cnc(CO[C@H]7CCC[C@@H]7O)nc6)cc5s4)C3)[C@@H](C)C2)s1. The number of aryl methyl sites for hydroxylation is 2. The normalized spacial score (nSPS) is 25.1. The largest absolute Gasteiger partial charge is 0.390 e. The van der Waals surface area contributed by atoms with Gasteiger partial charge in [-0.05, 0) is 70.6 Å². The van der Waals surface area contributed by atoms with Gasteiger partial charge in [0.25, 0.3) is 5.91 Å². The lowest BCUT2D eigenvalue weighted by Gasteiger charge is -2.49. The number of benzene rings is 1. The van der Waals surface area contributed by atoms with Crippen molar-refractivity contribution in [2.75, 3.05) is 25.0 Å². The molecule has 0 bridgehead atoms. The quantitative estimate of drug-likeness (QED) is 0.273. The van der Waals surface area contributed by atoms with Crippen LogP contribution in [0.15, 0.2) is 30.6 Å². The van der Waals surface area contributed by atoms with Crippen LogP contribution in [0.25, 0.3) is 21.3 Å². The minimum atomic E-state index is -0.399. The topological polar surface area (TPSA) is 134 Å². The minimum Gasteiger partial charge on any atom is -0.390 e. The number of nitrogens with zero attached hydrogens (tertiary/aromatic N) is 6. The summed E-state index contributed by atoms with van der Waals surface area (Å²) in [6.07, 6.45) is 7.31. The molecule has 4 aromatic rings. The first-order valence-electron chi connectivity index (χ1n) is 16.0. The van der Waals surface area contributed by atoms with Gasteiger partial charge in [-0.2, -0.15) is 0 Å². The molecule has 1 aromatic carbocycles. The molecule has 242 valence electrons. The van der Waals surface area contributed by atoms with Gasteiger partial charge in [-0.25, -0.2) is 19.9 Å². The summed E-state index contributed by atoms with van der Waals surface area (Å²) < 4.78 is 6.78. The van der Waals surface area contributed by atoms with E-state index in [9.17, 15) is 14.7 Å². The maximum absolute atomic E-state index is 13.1. The number of aliphatic hydroxyl groups is 1. The number of nitrogens with one attached hydrogen (secondary N) is 1. The first kappa shape index (κ1) is 31.3. The summed E-state index contributed by atoms with van der Waals surface area (Å²) in [6, 6.07) is 6.58. The fourth-order valence-electron chi connectivity index (χ4n) is 6.87. The first-order valence-corrected chi connectivity index (χ1v) is 17.7. The Bertz CT molecular complexity index is 1740. The summed E-state index contributed by atoms with van der Waals surface area (Å²) in [7, 11) is 0. The van der Waals surface area contributed by atoms with Crippen LogP contribution in [0, 0.1) is 19.8 Å². The van der Waals surface area contributed by atoms with Crippen LogP contribution in [0.4, 0.5) is 5.13 Å². The molecule has 0 spiro atoms. The molecule has 0 radical (unpaired) electrons. The first-order chi connectivity index (χ1) is 22.2. The lowest BCUT2D eigenvalue weighted by molar-refractivity contribution is -0.125. The molecule has 46 heavy (non-hydrogen) atoms. The van der Waals surface area contributed by atoms with E-state index in [-0.39, 0.29) is 36.5 Å². The van der Waals surface area contributed by atoms with Gasteiger partial charge < -0.3 is 20.1 Å². The molecule has 1 saturated heterocycles. The van der Waals surface area contributed by atoms with E-state index in [2.05, 4.69) is 43.1 Å². The van der Waals surface area contributed by atoms with Crippen LogP contribution in [0.3, 0.4) is 0 Å². The van der Waals surface area contributed by atoms with Gasteiger partial charge in [-0.1, -0.05) is 17.4 Å². The third-order valence-corrected chi connectivity index (χ3v) is 11.5. The Morgan fingerprint density at radius 2 is 1.87 bits per heavy atom. The van der Waals surface area contributed by atoms with E-state index in [1.54, 1.807) is 12.4 Å². The van der Waals surface area contributed by atoms with Gasteiger partial charge in [0.15, 0.2) is 11.0 Å². The van der Waals surface area contributed by atoms with Crippen LogP contribution in [0.5, 0.6) is 0 Å². The number of piperazine rings is 1. The van der Waals surface area contributed by atoms with Gasteiger partial charge >= 0.3 is 0 Å². The molecule has 4 heterocycles. The molecule has 3 aliphatic rings. The van der Waals surface area contributed by atoms with Crippen molar-refractivity contribution in [3.05, 3.63) is 52.0 Å². The third-order valence-electron chi connectivity index (χ3n) is 9.52. The van der Waals surface area contributed by atoms with Crippen molar-refractivity contribution in [2.24, 2.45) is 5.92 Å². The number of fused-ring (bicyclic) bond motifs is 1. The number of amides is 2. The molecule has 2 saturated carbocycles. The summed E-state index contributed by atoms with van der Waals surface area (Å²) in [5.74, 6) is 0.647. The lowest BCUT2D eigenvalue weighted by atomic mass is 9.78. The zero-order chi connectivity index (χ0) is 31.9. The monoisotopic (exact) mass is 661 g/mol. The number of hydrogen-bond donors (Lipinski definition) is 2. The van der Waals surface area contributed by atoms with Crippen molar-refractivity contribution in [3.8, 4) is 11.1 Å². The van der Waals surface area contributed by atoms with Crippen molar-refractivity contribution in [1.82, 2.24) is 29.7 Å². The Morgan fingerprint density at radius 1 is 1.07 bits per heavy atom. The Hall–Kier alpha value is -3.36. The number of aromatic nitrogens is 4. The molecule has 11 nitrogen and oxygen atoms in total. The molecular weight excluding hydrogens is 623 g/mol. The van der Waals surface area contributed by atoms with Gasteiger partial charge in [-0.3, -0.25) is 14.5 Å². The summed E-state index contributed by atoms with van der Waals surface area (Å²) in [5.41, 5.74) is 3.51. The highest BCUT2D eigenvalue weighted by Crippen LogP contribution is 2.36. The Labute approximate surface area is 276 Å². The maximum atomic E-state index is 13.1. The van der Waals surface area contributed by atoms with E-state index >= 15 is 0 Å². The number of rotatable bonds is 8. The summed E-state index contributed by atoms with van der Waals surface area (Å²) in [6.45, 7) is 8.48. The summed E-state index contributed by atoms with van der Waals surface area (Å²) >= 11 is 2.94. The fraction of sp³-hybridized carbons (Fsp3) is 0.515. The highest BCUT2D eigenvalue weighted by atomic mass is 32.1. The maximum Gasteiger partial charge on any atom is 0.265 e. The molecule has 2 amide bonds. The van der Waals surface area contributed by atoms with Crippen LogP contribution in [0.1, 0.15) is 65.2 Å². The molecule has 7 rings (SSSR count). The zero-order valence-corrected chi connectivity index (χ0v) is 27.9. The molecule has 2 N–H and O–H groups in total. The Balaban J connectivity index is 0.904. The smallest absolute Gasteiger partial charge is 0.265 e. The van der Waals surface area contributed by atoms with Gasteiger partial charge in [0, 0.05) is 55.6 Å². The second-order valence-corrected chi connectivity index (χ2v) is 15.0. The van der Waals surface area contributed by atoms with Gasteiger partial charge in [-0.15, -0.1) is 11.3 Å². The zero-order valence-electron chi connectivity index (χ0n) is 26.3. The van der Waals surface area contributed by atoms with Gasteiger partial charge in [0.05, 0.1) is 33.1 Å². The fourth-order valence-corrected chi connectivity index (χ4v) is 8.67. The molecule has 3 fully saturated rings. The Morgan fingerprint density at radius 3 is 2.57 bits per heavy atom. The van der Waals surface area contributed by atoms with E-state index in [0.717, 1.165) is 75.6 Å². The summed E-state index contributed by atoms with van der Waals surface area (Å²) in [5, 5.41) is 14.5. The van der Waals surface area contributed by atoms with Crippen LogP contribution >= 0.6 is 22.7 Å². The van der Waals surface area contributed by atoms with E-state index in [4.69, 9.17) is 4.74 Å². The second kappa shape index (κ2) is 13.0. The molecule has 3 atom stereocenters. The number of carbonyl (C=O) groups excluding carboxylic acids is 2. The number of carbonyl (C=O) groups is 2. The predicted octanol–water partition coefficient (Wildman–Crippen LogP) is 4.82. The van der Waals surface area contributed by atoms with Crippen molar-refractivity contribution in [1.29, 1.82) is 0 Å². The molecule has 2 aliphatic carbocycles. The number of anilines is 1. The summed E-state index contributed by atoms with van der Waals surface area (Å²) in [4.78, 5) is 49.4. The lowest BCUT2D eigenvalue weighted by Crippen LogP contribution is -2.60. The second-order valence-electron chi connectivity index (χ2n) is 12.7. The average Bonchev–Trinajstić information content (AvgIpc) is 3.72. The van der Waals surface area contributed by atoms with E-state index in [1.807, 2.05) is 30.9 Å². The van der Waals surface area contributed by atoms with E-state index in [0.29, 0.717) is 30.1 Å². The average molecular weight is 662 g/mol. The number of aliphatic hydroxyl groups excluding tert-OH is 1. The minimum absolute atomic E-state index is 0.0179. The van der Waals surface area contributed by atoms with Crippen LogP contribution in [-0.4, -0.2) is 90.6 Å². The van der Waals surface area contributed by atoms with Crippen LogP contribution < -0.4 is 5.32 Å². The molecule has 3 aromatic heterocycles. The molecule has 13 heteroatoms. The van der Waals surface area contributed by atoms with Crippen molar-refractivity contribution in [3.63, 3.8) is 0 Å². The van der Waals surface area contributed by atoms with Crippen molar-refractivity contribution >= 4 is 49.8 Å². The van der Waals surface area contributed by atoms with E-state index in [1.165, 1.54) is 22.7 Å². The number of hydrogen-bond acceptors (Lipinski definition) is 11. The standard InChI is InChI=1S/C33H39N7O4S2/c1-18-16-39(32(43)30-19(2)36-20(3)45-30)9-10-40(18)24-11-22(12-24)31(42)38-33-37-25-8-7-21(13-28(25)46-33)23-14-34-29(35-15-23)17-44-27-6-4-5-26(27)41/h7-8,13-15,18,22,24,26-27,41H,4-6,9-12,16-17H2,1-3H3,(H,37,38,42)/t18-,22-,24+,26-,27-/m0/s1. The molecule has 0 unspecified atom stereocenters. The van der Waals surface area contributed by atoms with E-state index < -0.39 is 6.10 Å².